The lowest BCUT2D eigenvalue weighted by atomic mass is 9.79. The predicted molar refractivity (Wildman–Crippen MR) is 271 cm³/mol. The molecule has 63 heavy (non-hydrogen) atoms. The molecule has 0 saturated heterocycles. The van der Waals surface area contributed by atoms with E-state index in [2.05, 4.69) is 243 Å². The first-order chi connectivity index (χ1) is 31.0. The molecule has 0 fully saturated rings. The molecular formula is C61H43NS. The van der Waals surface area contributed by atoms with Crippen LogP contribution < -0.4 is 4.90 Å². The second kappa shape index (κ2) is 14.8. The van der Waals surface area contributed by atoms with Crippen LogP contribution in [0.3, 0.4) is 0 Å². The molecule has 11 aromatic rings. The molecule has 0 atom stereocenters. The van der Waals surface area contributed by atoms with Gasteiger partial charge in [0.05, 0.1) is 0 Å². The smallest absolute Gasteiger partial charge is 0.0462 e. The molecule has 12 rings (SSSR count). The molecular weight excluding hydrogens is 779 g/mol. The summed E-state index contributed by atoms with van der Waals surface area (Å²) in [6.07, 6.45) is 0. The molecule has 1 heterocycles. The minimum Gasteiger partial charge on any atom is -0.311 e. The summed E-state index contributed by atoms with van der Waals surface area (Å²) in [5.41, 5.74) is 18.5. The summed E-state index contributed by atoms with van der Waals surface area (Å²) in [5, 5.41) is 5.16. The van der Waals surface area contributed by atoms with Crippen LogP contribution in [0.25, 0.3) is 86.6 Å². The first kappa shape index (κ1) is 37.3. The third-order valence-electron chi connectivity index (χ3n) is 13.3. The maximum atomic E-state index is 2.38. The van der Waals surface area contributed by atoms with Crippen LogP contribution in [0.1, 0.15) is 25.0 Å². The largest absolute Gasteiger partial charge is 0.311 e. The van der Waals surface area contributed by atoms with E-state index in [0.717, 1.165) is 17.1 Å². The topological polar surface area (TPSA) is 3.24 Å². The highest BCUT2D eigenvalue weighted by Gasteiger charge is 2.37. The highest BCUT2D eigenvalue weighted by Crippen LogP contribution is 2.52. The summed E-state index contributed by atoms with van der Waals surface area (Å²) >= 11 is 1.87. The minimum atomic E-state index is -0.0901. The van der Waals surface area contributed by atoms with Gasteiger partial charge in [0.25, 0.3) is 0 Å². The van der Waals surface area contributed by atoms with Crippen molar-refractivity contribution in [3.63, 3.8) is 0 Å². The Kier molecular flexibility index (Phi) is 8.77. The number of hydrogen-bond donors (Lipinski definition) is 0. The molecule has 1 aliphatic rings. The molecule has 0 saturated carbocycles. The highest BCUT2D eigenvalue weighted by molar-refractivity contribution is 7.25. The fourth-order valence-corrected chi connectivity index (χ4v) is 11.2. The molecule has 298 valence electrons. The van der Waals surface area contributed by atoms with Crippen LogP contribution in [0.15, 0.2) is 224 Å². The molecule has 0 bridgehead atoms. The van der Waals surface area contributed by atoms with E-state index in [1.165, 1.54) is 97.7 Å². The standard InChI is InChI=1S/C61H43NS/c1-61(2)57-19-7-5-15-53(57)56-18-10-17-52(60(56)61)43-27-34-51(35-28-43)62(50-32-25-42(26-33-50)48-29-36-55-54-16-6-8-20-58(54)63-59(55)39-48)49-30-23-41(24-31-49)45-13-9-14-46(37-45)47-22-21-40-11-3-4-12-44(40)38-47/h3-39H,1-2H3. The van der Waals surface area contributed by atoms with E-state index in [4.69, 9.17) is 0 Å². The van der Waals surface area contributed by atoms with Crippen molar-refractivity contribution < 1.29 is 0 Å². The molecule has 0 spiro atoms. The predicted octanol–water partition coefficient (Wildman–Crippen LogP) is 17.7. The van der Waals surface area contributed by atoms with E-state index < -0.39 is 0 Å². The Morgan fingerprint density at radius 3 is 1.59 bits per heavy atom. The first-order valence-electron chi connectivity index (χ1n) is 21.8. The Hall–Kier alpha value is -7.52. The van der Waals surface area contributed by atoms with Gasteiger partial charge in [-0.1, -0.05) is 178 Å². The van der Waals surface area contributed by atoms with Crippen molar-refractivity contribution in [2.45, 2.75) is 19.3 Å². The maximum absolute atomic E-state index is 2.38. The van der Waals surface area contributed by atoms with Crippen molar-refractivity contribution in [2.75, 3.05) is 4.90 Å². The van der Waals surface area contributed by atoms with E-state index in [-0.39, 0.29) is 5.41 Å². The molecule has 0 N–H and O–H groups in total. The van der Waals surface area contributed by atoms with Gasteiger partial charge in [-0.05, 0) is 138 Å². The SMILES string of the molecule is CC1(C)c2ccccc2-c2cccc(-c3ccc(N(c4ccc(-c5cccc(-c6ccc7ccccc7c6)c5)cc4)c4ccc(-c5ccc6c(c5)sc5ccccc56)cc4)cc3)c21. The Labute approximate surface area is 372 Å². The quantitative estimate of drug-likeness (QED) is 0.155. The van der Waals surface area contributed by atoms with Gasteiger partial charge in [-0.3, -0.25) is 0 Å². The van der Waals surface area contributed by atoms with Crippen molar-refractivity contribution in [1.29, 1.82) is 0 Å². The van der Waals surface area contributed by atoms with E-state index in [1.54, 1.807) is 0 Å². The van der Waals surface area contributed by atoms with E-state index in [1.807, 2.05) is 11.3 Å². The fraction of sp³-hybridized carbons (Fsp3) is 0.0492. The van der Waals surface area contributed by atoms with E-state index in [9.17, 15) is 0 Å². The lowest BCUT2D eigenvalue weighted by Crippen LogP contribution is -2.16. The number of benzene rings is 10. The molecule has 1 nitrogen and oxygen atoms in total. The average molecular weight is 822 g/mol. The molecule has 1 aromatic heterocycles. The van der Waals surface area contributed by atoms with Crippen LogP contribution in [0, 0.1) is 0 Å². The number of thiophene rings is 1. The summed E-state index contributed by atoms with van der Waals surface area (Å²) in [5.74, 6) is 0. The van der Waals surface area contributed by atoms with Crippen LogP contribution >= 0.6 is 11.3 Å². The third-order valence-corrected chi connectivity index (χ3v) is 14.4. The third kappa shape index (κ3) is 6.37. The second-order valence-electron chi connectivity index (χ2n) is 17.3. The fourth-order valence-electron chi connectivity index (χ4n) is 10.1. The normalized spacial score (nSPS) is 12.7. The van der Waals surface area contributed by atoms with Gasteiger partial charge in [-0.15, -0.1) is 11.3 Å². The lowest BCUT2D eigenvalue weighted by molar-refractivity contribution is 0.662. The Bertz CT molecular complexity index is 3520. The Balaban J connectivity index is 0.911. The van der Waals surface area contributed by atoms with Gasteiger partial charge in [-0.25, -0.2) is 0 Å². The summed E-state index contributed by atoms with van der Waals surface area (Å²) in [4.78, 5) is 2.38. The second-order valence-corrected chi connectivity index (χ2v) is 18.4. The van der Waals surface area contributed by atoms with Gasteiger partial charge in [0, 0.05) is 42.6 Å². The molecule has 0 aliphatic heterocycles. The van der Waals surface area contributed by atoms with Gasteiger partial charge in [0.1, 0.15) is 0 Å². The van der Waals surface area contributed by atoms with E-state index in [0.29, 0.717) is 0 Å². The highest BCUT2D eigenvalue weighted by atomic mass is 32.1. The zero-order valence-corrected chi connectivity index (χ0v) is 36.0. The Morgan fingerprint density at radius 1 is 0.333 bits per heavy atom. The zero-order valence-electron chi connectivity index (χ0n) is 35.2. The van der Waals surface area contributed by atoms with Crippen LogP contribution in [-0.4, -0.2) is 0 Å². The monoisotopic (exact) mass is 821 g/mol. The van der Waals surface area contributed by atoms with Crippen LogP contribution in [0.5, 0.6) is 0 Å². The summed E-state index contributed by atoms with van der Waals surface area (Å²) in [6.45, 7) is 4.73. The van der Waals surface area contributed by atoms with Crippen LogP contribution in [0.2, 0.25) is 0 Å². The number of anilines is 3. The Morgan fingerprint density at radius 2 is 0.841 bits per heavy atom. The van der Waals surface area contributed by atoms with Crippen molar-refractivity contribution in [3.05, 3.63) is 236 Å². The van der Waals surface area contributed by atoms with Crippen molar-refractivity contribution in [2.24, 2.45) is 0 Å². The molecule has 1 aliphatic carbocycles. The summed E-state index contributed by atoms with van der Waals surface area (Å²) in [6, 6.07) is 82.8. The van der Waals surface area contributed by atoms with Gasteiger partial charge in [-0.2, -0.15) is 0 Å². The van der Waals surface area contributed by atoms with Crippen LogP contribution in [-0.2, 0) is 5.41 Å². The summed E-state index contributed by atoms with van der Waals surface area (Å²) < 4.78 is 2.65. The number of nitrogens with zero attached hydrogens (tertiary/aromatic N) is 1. The summed E-state index contributed by atoms with van der Waals surface area (Å²) in [7, 11) is 0. The number of rotatable bonds is 7. The molecule has 2 heteroatoms. The molecule has 0 amide bonds. The maximum Gasteiger partial charge on any atom is 0.0462 e. The van der Waals surface area contributed by atoms with Gasteiger partial charge >= 0.3 is 0 Å². The lowest BCUT2D eigenvalue weighted by Gasteiger charge is -2.27. The van der Waals surface area contributed by atoms with Gasteiger partial charge < -0.3 is 4.90 Å². The van der Waals surface area contributed by atoms with Gasteiger partial charge in [0.2, 0.25) is 0 Å². The van der Waals surface area contributed by atoms with Crippen LogP contribution in [0.4, 0.5) is 17.1 Å². The molecule has 0 radical (unpaired) electrons. The minimum absolute atomic E-state index is 0.0901. The number of fused-ring (bicyclic) bond motifs is 7. The number of hydrogen-bond acceptors (Lipinski definition) is 2. The van der Waals surface area contributed by atoms with Crippen molar-refractivity contribution in [3.8, 4) is 55.6 Å². The zero-order chi connectivity index (χ0) is 42.1. The first-order valence-corrected chi connectivity index (χ1v) is 22.6. The molecule has 0 unspecified atom stereocenters. The van der Waals surface area contributed by atoms with Crippen molar-refractivity contribution >= 4 is 59.3 Å². The molecule has 10 aromatic carbocycles. The van der Waals surface area contributed by atoms with Crippen molar-refractivity contribution in [1.82, 2.24) is 0 Å². The van der Waals surface area contributed by atoms with Gasteiger partial charge in [0.15, 0.2) is 0 Å². The van der Waals surface area contributed by atoms with E-state index >= 15 is 0 Å². The average Bonchev–Trinajstić information content (AvgIpc) is 3.83.